The van der Waals surface area contributed by atoms with Crippen LogP contribution in [0.2, 0.25) is 0 Å². The second-order valence-electron chi connectivity index (χ2n) is 8.93. The molecule has 191 valence electrons. The Morgan fingerprint density at radius 1 is 0.641 bits per heavy atom. The van der Waals surface area contributed by atoms with Crippen molar-refractivity contribution in [2.75, 3.05) is 0 Å². The SMILES string of the molecule is Cc1cccc(-c2[c-]ccc3c2oc2ccccc23)n1.[Ir].[c-]1ccc(-c2ccccc2)cc1-c1ccccn1. The molecule has 4 heteroatoms. The molecule has 0 aliphatic carbocycles. The molecule has 4 aromatic carbocycles. The molecule has 0 N–H and O–H groups in total. The Hall–Kier alpha value is -4.37. The summed E-state index contributed by atoms with van der Waals surface area (Å²) in [6.45, 7) is 1.99. The number of rotatable bonds is 3. The van der Waals surface area contributed by atoms with Crippen LogP contribution in [-0.4, -0.2) is 9.97 Å². The molecule has 3 heterocycles. The van der Waals surface area contributed by atoms with Gasteiger partial charge < -0.3 is 14.4 Å². The average molecular weight is 681 g/mol. The van der Waals surface area contributed by atoms with Gasteiger partial charge in [-0.1, -0.05) is 83.7 Å². The second-order valence-corrected chi connectivity index (χ2v) is 8.93. The Kier molecular flexibility index (Phi) is 8.07. The molecule has 1 radical (unpaired) electrons. The number of benzene rings is 4. The van der Waals surface area contributed by atoms with Crippen LogP contribution in [0.1, 0.15) is 5.69 Å². The third kappa shape index (κ3) is 5.73. The van der Waals surface area contributed by atoms with Crippen LogP contribution in [0.25, 0.3) is 55.6 Å². The largest absolute Gasteiger partial charge is 0.501 e. The monoisotopic (exact) mass is 681 g/mol. The number of pyridine rings is 2. The molecule has 0 bridgehead atoms. The smallest absolute Gasteiger partial charge is 0.120 e. The molecule has 7 aromatic rings. The molecule has 7 rings (SSSR count). The van der Waals surface area contributed by atoms with Crippen molar-refractivity contribution in [3.8, 4) is 33.6 Å². The van der Waals surface area contributed by atoms with Crippen LogP contribution in [0, 0.1) is 19.1 Å². The molecular formula is C35H24IrN2O-2. The van der Waals surface area contributed by atoms with Gasteiger partial charge in [0.1, 0.15) is 5.58 Å². The van der Waals surface area contributed by atoms with Crippen LogP contribution >= 0.6 is 0 Å². The van der Waals surface area contributed by atoms with Gasteiger partial charge in [-0.25, -0.2) is 0 Å². The van der Waals surface area contributed by atoms with Crippen molar-refractivity contribution in [1.82, 2.24) is 9.97 Å². The summed E-state index contributed by atoms with van der Waals surface area (Å²) in [5.74, 6) is 0. The normalized spacial score (nSPS) is 10.5. The minimum Gasteiger partial charge on any atom is -0.501 e. The van der Waals surface area contributed by atoms with Gasteiger partial charge in [0.15, 0.2) is 0 Å². The van der Waals surface area contributed by atoms with Gasteiger partial charge in [-0.3, -0.25) is 0 Å². The Morgan fingerprint density at radius 3 is 2.23 bits per heavy atom. The van der Waals surface area contributed by atoms with E-state index in [-0.39, 0.29) is 20.1 Å². The fourth-order valence-corrected chi connectivity index (χ4v) is 4.51. The molecule has 3 aromatic heterocycles. The summed E-state index contributed by atoms with van der Waals surface area (Å²) >= 11 is 0. The van der Waals surface area contributed by atoms with E-state index in [0.29, 0.717) is 0 Å². The minimum absolute atomic E-state index is 0. The zero-order valence-electron chi connectivity index (χ0n) is 21.3. The molecular weight excluding hydrogens is 657 g/mol. The van der Waals surface area contributed by atoms with Crippen LogP contribution in [0.4, 0.5) is 0 Å². The number of furan rings is 1. The summed E-state index contributed by atoms with van der Waals surface area (Å²) in [5, 5.41) is 2.24. The summed E-state index contributed by atoms with van der Waals surface area (Å²) in [4.78, 5) is 8.92. The average Bonchev–Trinajstić information content (AvgIpc) is 3.38. The van der Waals surface area contributed by atoms with E-state index >= 15 is 0 Å². The van der Waals surface area contributed by atoms with Crippen molar-refractivity contribution in [2.24, 2.45) is 0 Å². The summed E-state index contributed by atoms with van der Waals surface area (Å²) in [6.07, 6.45) is 1.80. The fourth-order valence-electron chi connectivity index (χ4n) is 4.51. The number of aryl methyl sites for hydroxylation is 1. The maximum absolute atomic E-state index is 6.01. The number of nitrogens with zero attached hydrogens (tertiary/aromatic N) is 2. The van der Waals surface area contributed by atoms with Crippen LogP contribution < -0.4 is 0 Å². The molecule has 0 saturated heterocycles. The first-order valence-corrected chi connectivity index (χ1v) is 12.5. The van der Waals surface area contributed by atoms with Crippen molar-refractivity contribution in [3.63, 3.8) is 0 Å². The number of fused-ring (bicyclic) bond motifs is 3. The fraction of sp³-hybridized carbons (Fsp3) is 0.0286. The van der Waals surface area contributed by atoms with E-state index in [1.54, 1.807) is 6.20 Å². The van der Waals surface area contributed by atoms with E-state index < -0.39 is 0 Å². The molecule has 0 saturated carbocycles. The van der Waals surface area contributed by atoms with Crippen molar-refractivity contribution >= 4 is 21.9 Å². The Labute approximate surface area is 241 Å². The van der Waals surface area contributed by atoms with Gasteiger partial charge in [0.05, 0.1) is 5.58 Å². The first-order valence-electron chi connectivity index (χ1n) is 12.5. The van der Waals surface area contributed by atoms with Crippen molar-refractivity contribution in [2.45, 2.75) is 6.92 Å². The standard InChI is InChI=1S/C18H12NO.C17H12N.Ir/c1-12-6-4-10-16(19-12)15-9-5-8-14-13-7-2-3-11-17(13)20-18(14)15;1-2-7-14(8-3-1)15-9-6-10-16(13-15)17-11-4-5-12-18-17;/h2-8,10-11H,1H3;1-9,11-13H;/q2*-1;. The topological polar surface area (TPSA) is 38.9 Å². The quantitative estimate of drug-likeness (QED) is 0.175. The Bertz CT molecular complexity index is 1770. The number of hydrogen-bond donors (Lipinski definition) is 0. The zero-order chi connectivity index (χ0) is 25.7. The molecule has 39 heavy (non-hydrogen) atoms. The molecule has 0 fully saturated rings. The van der Waals surface area contributed by atoms with Crippen molar-refractivity contribution in [3.05, 3.63) is 145 Å². The Morgan fingerprint density at radius 2 is 1.41 bits per heavy atom. The molecule has 0 aliphatic rings. The van der Waals surface area contributed by atoms with Crippen LogP contribution in [-0.2, 0) is 20.1 Å². The van der Waals surface area contributed by atoms with E-state index in [1.807, 2.05) is 97.9 Å². The van der Waals surface area contributed by atoms with Gasteiger partial charge in [-0.05, 0) is 42.1 Å². The zero-order valence-corrected chi connectivity index (χ0v) is 23.7. The van der Waals surface area contributed by atoms with Crippen LogP contribution in [0.15, 0.2) is 132 Å². The van der Waals surface area contributed by atoms with E-state index in [9.17, 15) is 0 Å². The summed E-state index contributed by atoms with van der Waals surface area (Å²) in [6, 6.07) is 46.9. The number of para-hydroxylation sites is 1. The maximum atomic E-state index is 6.01. The van der Waals surface area contributed by atoms with E-state index in [2.05, 4.69) is 52.4 Å². The van der Waals surface area contributed by atoms with Crippen molar-refractivity contribution in [1.29, 1.82) is 0 Å². The number of hydrogen-bond acceptors (Lipinski definition) is 3. The van der Waals surface area contributed by atoms with E-state index in [0.717, 1.165) is 50.1 Å². The van der Waals surface area contributed by atoms with Crippen molar-refractivity contribution < 1.29 is 24.5 Å². The summed E-state index contributed by atoms with van der Waals surface area (Å²) in [5.41, 5.74) is 8.94. The molecule has 0 spiro atoms. The minimum atomic E-state index is 0. The van der Waals surface area contributed by atoms with Crippen LogP contribution in [0.5, 0.6) is 0 Å². The van der Waals surface area contributed by atoms with Gasteiger partial charge in [0, 0.05) is 37.4 Å². The molecule has 0 aliphatic heterocycles. The Balaban J connectivity index is 0.000000155. The molecule has 3 nitrogen and oxygen atoms in total. The van der Waals surface area contributed by atoms with E-state index in [1.165, 1.54) is 11.1 Å². The predicted octanol–water partition coefficient (Wildman–Crippen LogP) is 8.97. The van der Waals surface area contributed by atoms with Gasteiger partial charge in [0.2, 0.25) is 0 Å². The van der Waals surface area contributed by atoms with Gasteiger partial charge >= 0.3 is 0 Å². The summed E-state index contributed by atoms with van der Waals surface area (Å²) < 4.78 is 6.01. The first kappa shape index (κ1) is 26.2. The van der Waals surface area contributed by atoms with Gasteiger partial charge in [0.25, 0.3) is 0 Å². The first-order chi connectivity index (χ1) is 18.8. The molecule has 0 atom stereocenters. The van der Waals surface area contributed by atoms with E-state index in [4.69, 9.17) is 4.42 Å². The molecule has 0 amide bonds. The number of aromatic nitrogens is 2. The predicted molar refractivity (Wildman–Crippen MR) is 154 cm³/mol. The third-order valence-corrected chi connectivity index (χ3v) is 6.33. The van der Waals surface area contributed by atoms with Gasteiger partial charge in [-0.2, -0.15) is 0 Å². The molecule has 0 unspecified atom stereocenters. The van der Waals surface area contributed by atoms with Crippen LogP contribution in [0.3, 0.4) is 0 Å². The second kappa shape index (κ2) is 12.0. The third-order valence-electron chi connectivity index (χ3n) is 6.33. The summed E-state index contributed by atoms with van der Waals surface area (Å²) in [7, 11) is 0. The van der Waals surface area contributed by atoms with Gasteiger partial charge in [-0.15, -0.1) is 53.6 Å². The maximum Gasteiger partial charge on any atom is 0.120 e.